The first-order valence-electron chi connectivity index (χ1n) is 0. The minimum Gasteiger partial charge on any atom is -0.870 e. The van der Waals surface area contributed by atoms with Crippen LogP contribution in [0.1, 0.15) is 0 Å². The largest absolute Gasteiger partial charge is 0.870 e. The Bertz CT molecular complexity index is 8.00. The molecule has 0 saturated carbocycles. The van der Waals surface area contributed by atoms with E-state index in [0.29, 0.717) is 0 Å². The molecule has 0 aliphatic carbocycles. The van der Waals surface area contributed by atoms with Crippen molar-refractivity contribution < 1.29 is 38.2 Å². The normalized spacial score (nSPS) is 0. The van der Waals surface area contributed by atoms with Gasteiger partial charge >= 0.3 is 23.1 Å². The van der Waals surface area contributed by atoms with Gasteiger partial charge in [0.1, 0.15) is 0 Å². The fourth-order valence-electron chi connectivity index (χ4n) is 0. The van der Waals surface area contributed by atoms with Gasteiger partial charge < -0.3 is 5.48 Å². The third-order valence-corrected chi connectivity index (χ3v) is 0. The van der Waals surface area contributed by atoms with Crippen LogP contribution in [-0.2, 0) is 32.7 Å². The van der Waals surface area contributed by atoms with Gasteiger partial charge in [-0.05, 0) is 0 Å². The smallest absolute Gasteiger partial charge is 0 e. The minimum atomic E-state index is 0. The second-order valence-corrected chi connectivity index (χ2v) is 0. The van der Waals surface area contributed by atoms with Crippen LogP contribution in [0.4, 0.5) is 0 Å². The Morgan fingerprint density at radius 3 is 1.00 bits per heavy atom. The van der Waals surface area contributed by atoms with E-state index in [9.17, 15) is 0 Å². The summed E-state index contributed by atoms with van der Waals surface area (Å²) in [4.78, 5) is 0. The molecule has 0 rings (SSSR count). The zero-order chi connectivity index (χ0) is 0. The van der Waals surface area contributed by atoms with Crippen LogP contribution in [0.2, 0.25) is 0 Å². The van der Waals surface area contributed by atoms with Crippen molar-refractivity contribution >= 4 is 40.4 Å². The molecular formula is H5AlMgOY. The van der Waals surface area contributed by atoms with Crippen molar-refractivity contribution in [1.29, 1.82) is 0 Å². The van der Waals surface area contributed by atoms with Gasteiger partial charge in [-0.3, -0.25) is 0 Å². The summed E-state index contributed by atoms with van der Waals surface area (Å²) in [5.41, 5.74) is 0. The molecule has 0 atom stereocenters. The fraction of sp³-hybridized carbons (Fsp3) is 0. The Balaban J connectivity index is 0. The summed E-state index contributed by atoms with van der Waals surface area (Å²) in [6, 6.07) is 0. The van der Waals surface area contributed by atoms with Crippen molar-refractivity contribution in [2.45, 2.75) is 0 Å². The third kappa shape index (κ3) is 8.84. The zero-order valence-corrected chi connectivity index (χ0v) is 6.86. The molecule has 0 saturated heterocycles. The molecule has 0 spiro atoms. The fourth-order valence-corrected chi connectivity index (χ4v) is 0. The van der Waals surface area contributed by atoms with Crippen LogP contribution >= 0.6 is 0 Å². The summed E-state index contributed by atoms with van der Waals surface area (Å²) in [6.45, 7) is 0. The summed E-state index contributed by atoms with van der Waals surface area (Å²) in [5, 5.41) is 0. The van der Waals surface area contributed by atoms with E-state index in [0.717, 1.165) is 0 Å². The zero-order valence-electron chi connectivity index (χ0n) is 2.02. The quantitative estimate of drug-likeness (QED) is 0.377. The number of hydrogen-bond acceptors (Lipinski definition) is 1. The average Bonchev–Trinajstić information content (AvgIpc) is 0. The van der Waals surface area contributed by atoms with E-state index >= 15 is 0 Å². The Labute approximate surface area is 77.4 Å². The molecule has 1 nitrogen and oxygen atoms in total. The monoisotopic (exact) mass is 161 g/mol. The topological polar surface area (TPSA) is 30.0 Å². The molecule has 19 valence electrons. The van der Waals surface area contributed by atoms with Crippen LogP contribution in [0, 0.1) is 0 Å². The molecule has 4 heteroatoms. The van der Waals surface area contributed by atoms with Crippen LogP contribution in [0.25, 0.3) is 0 Å². The summed E-state index contributed by atoms with van der Waals surface area (Å²) >= 11 is 0. The van der Waals surface area contributed by atoms with Gasteiger partial charge in [-0.25, -0.2) is 0 Å². The first kappa shape index (κ1) is 32.8. The molecule has 0 aromatic carbocycles. The maximum absolute atomic E-state index is 0. The van der Waals surface area contributed by atoms with E-state index in [1.807, 2.05) is 0 Å². The summed E-state index contributed by atoms with van der Waals surface area (Å²) < 4.78 is 0. The molecule has 0 heterocycles. The van der Waals surface area contributed by atoms with E-state index < -0.39 is 0 Å². The van der Waals surface area contributed by atoms with Crippen LogP contribution in [-0.4, -0.2) is 45.9 Å². The first-order valence-corrected chi connectivity index (χ1v) is 0. The molecule has 0 fully saturated rings. The average molecular weight is 161 g/mol. The van der Waals surface area contributed by atoms with Gasteiger partial charge in [0.2, 0.25) is 0 Å². The van der Waals surface area contributed by atoms with Crippen LogP contribution in [0.5, 0.6) is 0 Å². The SMILES string of the molecule is [AlH3].[MgH+].[OH-].[Y]. The molecule has 0 amide bonds. The van der Waals surface area contributed by atoms with Crippen molar-refractivity contribution in [2.75, 3.05) is 0 Å². The summed E-state index contributed by atoms with van der Waals surface area (Å²) in [6.07, 6.45) is 0. The van der Waals surface area contributed by atoms with E-state index in [2.05, 4.69) is 0 Å². The third-order valence-electron chi connectivity index (χ3n) is 0. The van der Waals surface area contributed by atoms with Crippen LogP contribution in [0.15, 0.2) is 0 Å². The first-order chi connectivity index (χ1) is 0. The van der Waals surface area contributed by atoms with Crippen LogP contribution < -0.4 is 0 Å². The number of hydrogen-bond donors (Lipinski definition) is 0. The summed E-state index contributed by atoms with van der Waals surface area (Å²) in [7, 11) is 0. The maximum atomic E-state index is 0. The van der Waals surface area contributed by atoms with Gasteiger partial charge in [-0.2, -0.15) is 0 Å². The maximum Gasteiger partial charge on any atom is 0 e. The summed E-state index contributed by atoms with van der Waals surface area (Å²) in [5.74, 6) is 0. The van der Waals surface area contributed by atoms with Crippen molar-refractivity contribution in [3.63, 3.8) is 0 Å². The molecular weight excluding hydrogens is 156 g/mol. The molecule has 0 aliphatic heterocycles. The van der Waals surface area contributed by atoms with E-state index in [-0.39, 0.29) is 78.6 Å². The van der Waals surface area contributed by atoms with Crippen molar-refractivity contribution in [3.8, 4) is 0 Å². The minimum absolute atomic E-state index is 0. The second-order valence-electron chi connectivity index (χ2n) is 0. The van der Waals surface area contributed by atoms with Crippen molar-refractivity contribution in [2.24, 2.45) is 0 Å². The van der Waals surface area contributed by atoms with Gasteiger partial charge in [-0.1, -0.05) is 0 Å². The van der Waals surface area contributed by atoms with Gasteiger partial charge in [0.15, 0.2) is 17.4 Å². The molecule has 1 N–H and O–H groups in total. The predicted molar refractivity (Wildman–Crippen MR) is 19.0 cm³/mol. The van der Waals surface area contributed by atoms with Crippen molar-refractivity contribution in [1.82, 2.24) is 0 Å². The molecule has 0 aromatic heterocycles. The Morgan fingerprint density at radius 2 is 1.00 bits per heavy atom. The number of rotatable bonds is 0. The van der Waals surface area contributed by atoms with Gasteiger partial charge in [-0.15, -0.1) is 0 Å². The molecule has 1 radical (unpaired) electrons. The van der Waals surface area contributed by atoms with Gasteiger partial charge in [0.25, 0.3) is 0 Å². The van der Waals surface area contributed by atoms with Crippen molar-refractivity contribution in [3.05, 3.63) is 0 Å². The molecule has 0 aromatic rings. The molecule has 4 heavy (non-hydrogen) atoms. The second kappa shape index (κ2) is 18.3. The molecule has 0 aliphatic rings. The Kier molecular flexibility index (Phi) is 150. The predicted octanol–water partition coefficient (Wildman–Crippen LogP) is -2.01. The molecule has 0 unspecified atom stereocenters. The standard InChI is InChI=1S/Al.Mg.H2O.Y.4H/h;;1H2;;;;;/q;+1;;;;;;/p-1. The Hall–Kier alpha value is 2.36. The van der Waals surface area contributed by atoms with E-state index in [1.54, 1.807) is 0 Å². The molecule has 0 bridgehead atoms. The Morgan fingerprint density at radius 1 is 1.00 bits per heavy atom. The van der Waals surface area contributed by atoms with E-state index in [1.165, 1.54) is 0 Å². The van der Waals surface area contributed by atoms with Crippen LogP contribution in [0.3, 0.4) is 0 Å². The van der Waals surface area contributed by atoms with Gasteiger partial charge in [0.05, 0.1) is 0 Å². The van der Waals surface area contributed by atoms with Gasteiger partial charge in [0, 0.05) is 32.7 Å². The van der Waals surface area contributed by atoms with E-state index in [4.69, 9.17) is 0 Å².